The van der Waals surface area contributed by atoms with Crippen molar-refractivity contribution in [3.8, 4) is 0 Å². The van der Waals surface area contributed by atoms with E-state index in [1.54, 1.807) is 0 Å². The standard InChI is InChI=1S/C10H17NO4/c1-6(2)4-10(8(11)13)9(3,14)5-7(12)15-10/h6,14H,4-5H2,1-3H3,(H2,11,13). The highest BCUT2D eigenvalue weighted by Gasteiger charge is 2.61. The first-order valence-corrected chi connectivity index (χ1v) is 4.95. The molecular formula is C10H17NO4. The van der Waals surface area contributed by atoms with E-state index in [2.05, 4.69) is 0 Å². The molecule has 0 radical (unpaired) electrons. The summed E-state index contributed by atoms with van der Waals surface area (Å²) in [5.74, 6) is -1.28. The van der Waals surface area contributed by atoms with Crippen LogP contribution in [0.2, 0.25) is 0 Å². The number of carbonyl (C=O) groups excluding carboxylic acids is 2. The van der Waals surface area contributed by atoms with E-state index >= 15 is 0 Å². The fraction of sp³-hybridized carbons (Fsp3) is 0.800. The van der Waals surface area contributed by atoms with Gasteiger partial charge < -0.3 is 15.6 Å². The largest absolute Gasteiger partial charge is 0.446 e. The molecule has 3 N–H and O–H groups in total. The second-order valence-corrected chi connectivity index (χ2v) is 4.71. The summed E-state index contributed by atoms with van der Waals surface area (Å²) in [7, 11) is 0. The predicted octanol–water partition coefficient (Wildman–Crippen LogP) is -0.0455. The minimum Gasteiger partial charge on any atom is -0.446 e. The van der Waals surface area contributed by atoms with Crippen LogP contribution in [0.3, 0.4) is 0 Å². The SMILES string of the molecule is CC(C)CC1(C(N)=O)OC(=O)CC1(C)O. The second kappa shape index (κ2) is 3.48. The maximum atomic E-state index is 11.4. The van der Waals surface area contributed by atoms with Gasteiger partial charge in [-0.05, 0) is 12.8 Å². The number of rotatable bonds is 3. The first-order chi connectivity index (χ1) is 6.71. The number of hydrogen-bond acceptors (Lipinski definition) is 4. The summed E-state index contributed by atoms with van der Waals surface area (Å²) in [6.07, 6.45) is 0.0454. The summed E-state index contributed by atoms with van der Waals surface area (Å²) in [6, 6.07) is 0. The Morgan fingerprint density at radius 2 is 2.20 bits per heavy atom. The number of carbonyl (C=O) groups is 2. The van der Waals surface area contributed by atoms with E-state index in [9.17, 15) is 14.7 Å². The van der Waals surface area contributed by atoms with Crippen LogP contribution in [0.1, 0.15) is 33.6 Å². The van der Waals surface area contributed by atoms with Crippen molar-refractivity contribution >= 4 is 11.9 Å². The van der Waals surface area contributed by atoms with Crippen LogP contribution < -0.4 is 5.73 Å². The van der Waals surface area contributed by atoms with Gasteiger partial charge in [0, 0.05) is 6.42 Å². The molecule has 0 aromatic heterocycles. The van der Waals surface area contributed by atoms with Crippen LogP contribution in [0.4, 0.5) is 0 Å². The van der Waals surface area contributed by atoms with Crippen LogP contribution in [0.25, 0.3) is 0 Å². The summed E-state index contributed by atoms with van der Waals surface area (Å²) in [5, 5.41) is 10.0. The normalized spacial score (nSPS) is 35.7. The van der Waals surface area contributed by atoms with Crippen molar-refractivity contribution in [2.75, 3.05) is 0 Å². The number of esters is 1. The third-order valence-electron chi connectivity index (χ3n) is 2.74. The number of primary amides is 1. The van der Waals surface area contributed by atoms with Gasteiger partial charge in [-0.1, -0.05) is 13.8 Å². The monoisotopic (exact) mass is 215 g/mol. The van der Waals surface area contributed by atoms with E-state index in [4.69, 9.17) is 10.5 Å². The summed E-state index contributed by atoms with van der Waals surface area (Å²) in [4.78, 5) is 22.6. The van der Waals surface area contributed by atoms with Crippen molar-refractivity contribution in [3.63, 3.8) is 0 Å². The molecule has 1 aliphatic rings. The van der Waals surface area contributed by atoms with Gasteiger partial charge in [-0.15, -0.1) is 0 Å². The van der Waals surface area contributed by atoms with Gasteiger partial charge >= 0.3 is 5.97 Å². The van der Waals surface area contributed by atoms with Crippen LogP contribution in [-0.4, -0.2) is 28.2 Å². The van der Waals surface area contributed by atoms with Crippen LogP contribution >= 0.6 is 0 Å². The molecule has 1 aliphatic heterocycles. The van der Waals surface area contributed by atoms with Crippen molar-refractivity contribution in [1.29, 1.82) is 0 Å². The molecule has 15 heavy (non-hydrogen) atoms. The van der Waals surface area contributed by atoms with Crippen molar-refractivity contribution in [1.82, 2.24) is 0 Å². The third-order valence-corrected chi connectivity index (χ3v) is 2.74. The number of nitrogens with two attached hydrogens (primary N) is 1. The molecule has 0 spiro atoms. The molecule has 0 bridgehead atoms. The summed E-state index contributed by atoms with van der Waals surface area (Å²) in [5.41, 5.74) is 2.16. The van der Waals surface area contributed by atoms with Gasteiger partial charge in [0.1, 0.15) is 5.60 Å². The first kappa shape index (κ1) is 12.0. The summed E-state index contributed by atoms with van der Waals surface area (Å²) in [6.45, 7) is 5.14. The molecule has 0 saturated carbocycles. The van der Waals surface area contributed by atoms with Crippen molar-refractivity contribution in [3.05, 3.63) is 0 Å². The Kier molecular flexibility index (Phi) is 2.78. The minimum absolute atomic E-state index is 0.0925. The number of aliphatic hydroxyl groups is 1. The highest BCUT2D eigenvalue weighted by atomic mass is 16.6. The number of cyclic esters (lactones) is 1. The Balaban J connectivity index is 3.10. The van der Waals surface area contributed by atoms with Gasteiger partial charge in [0.15, 0.2) is 0 Å². The van der Waals surface area contributed by atoms with Crippen LogP contribution in [0.5, 0.6) is 0 Å². The molecular weight excluding hydrogens is 198 g/mol. The molecule has 1 rings (SSSR count). The summed E-state index contributed by atoms with van der Waals surface area (Å²) >= 11 is 0. The van der Waals surface area contributed by atoms with Crippen LogP contribution in [0.15, 0.2) is 0 Å². The van der Waals surface area contributed by atoms with Gasteiger partial charge in [-0.25, -0.2) is 0 Å². The smallest absolute Gasteiger partial charge is 0.310 e. The highest BCUT2D eigenvalue weighted by molar-refractivity contribution is 5.91. The molecule has 1 saturated heterocycles. The molecule has 0 aromatic rings. The maximum Gasteiger partial charge on any atom is 0.310 e. The lowest BCUT2D eigenvalue weighted by atomic mass is 9.78. The van der Waals surface area contributed by atoms with Gasteiger partial charge in [0.25, 0.3) is 5.91 Å². The third kappa shape index (κ3) is 1.84. The number of hydrogen-bond donors (Lipinski definition) is 2. The predicted molar refractivity (Wildman–Crippen MR) is 52.7 cm³/mol. The van der Waals surface area contributed by atoms with Crippen LogP contribution in [0, 0.1) is 5.92 Å². The molecule has 2 unspecified atom stereocenters. The summed E-state index contributed by atoms with van der Waals surface area (Å²) < 4.78 is 4.97. The topological polar surface area (TPSA) is 89.6 Å². The van der Waals surface area contributed by atoms with Gasteiger partial charge in [-0.2, -0.15) is 0 Å². The van der Waals surface area contributed by atoms with E-state index in [1.807, 2.05) is 13.8 Å². The number of ether oxygens (including phenoxy) is 1. The van der Waals surface area contributed by atoms with Crippen molar-refractivity contribution < 1.29 is 19.4 Å². The van der Waals surface area contributed by atoms with Crippen molar-refractivity contribution in [2.45, 2.75) is 44.8 Å². The lowest BCUT2D eigenvalue weighted by molar-refractivity contribution is -0.171. The van der Waals surface area contributed by atoms with Crippen molar-refractivity contribution in [2.24, 2.45) is 11.7 Å². The first-order valence-electron chi connectivity index (χ1n) is 4.95. The molecule has 0 aliphatic carbocycles. The lowest BCUT2D eigenvalue weighted by Crippen LogP contribution is -2.58. The maximum absolute atomic E-state index is 11.4. The highest BCUT2D eigenvalue weighted by Crippen LogP contribution is 2.40. The fourth-order valence-corrected chi connectivity index (χ4v) is 2.02. The minimum atomic E-state index is -1.57. The van der Waals surface area contributed by atoms with Gasteiger partial charge in [-0.3, -0.25) is 9.59 Å². The Morgan fingerprint density at radius 3 is 2.47 bits per heavy atom. The van der Waals surface area contributed by atoms with Gasteiger partial charge in [0.05, 0.1) is 6.42 Å². The molecule has 1 amide bonds. The fourth-order valence-electron chi connectivity index (χ4n) is 2.02. The molecule has 1 heterocycles. The molecule has 5 nitrogen and oxygen atoms in total. The molecule has 1 fully saturated rings. The Bertz CT molecular complexity index is 298. The molecule has 5 heteroatoms. The zero-order chi connectivity index (χ0) is 11.9. The van der Waals surface area contributed by atoms with E-state index in [-0.39, 0.29) is 18.8 Å². The average molecular weight is 215 g/mol. The van der Waals surface area contributed by atoms with Gasteiger partial charge in [0.2, 0.25) is 5.60 Å². The van der Waals surface area contributed by atoms with E-state index in [0.717, 1.165) is 0 Å². The van der Waals surface area contributed by atoms with E-state index in [0.29, 0.717) is 0 Å². The molecule has 2 atom stereocenters. The zero-order valence-corrected chi connectivity index (χ0v) is 9.24. The van der Waals surface area contributed by atoms with Crippen LogP contribution in [-0.2, 0) is 14.3 Å². The van der Waals surface area contributed by atoms with E-state index in [1.165, 1.54) is 6.92 Å². The molecule has 86 valence electrons. The Hall–Kier alpha value is -1.10. The number of amides is 1. The second-order valence-electron chi connectivity index (χ2n) is 4.71. The van der Waals surface area contributed by atoms with E-state index < -0.39 is 23.1 Å². The zero-order valence-electron chi connectivity index (χ0n) is 9.24. The average Bonchev–Trinajstić information content (AvgIpc) is 2.20. The lowest BCUT2D eigenvalue weighted by Gasteiger charge is -2.35. The molecule has 0 aromatic carbocycles. The quantitative estimate of drug-likeness (QED) is 0.646. The Labute approximate surface area is 88.6 Å². The Morgan fingerprint density at radius 1 is 1.67 bits per heavy atom.